The first-order valence-corrected chi connectivity index (χ1v) is 6.93. The summed E-state index contributed by atoms with van der Waals surface area (Å²) in [6, 6.07) is 6.30. The molecule has 18 heavy (non-hydrogen) atoms. The predicted molar refractivity (Wildman–Crippen MR) is 78.0 cm³/mol. The topological polar surface area (TPSA) is 17.1 Å². The summed E-state index contributed by atoms with van der Waals surface area (Å²) in [5.41, 5.74) is 3.76. The molecule has 0 spiro atoms. The van der Waals surface area contributed by atoms with Gasteiger partial charge >= 0.3 is 0 Å². The first-order valence-electron chi connectivity index (χ1n) is 6.93. The molecule has 1 heteroatoms. The zero-order valence-electron chi connectivity index (χ0n) is 12.6. The smallest absolute Gasteiger partial charge is 0.140 e. The van der Waals surface area contributed by atoms with Gasteiger partial charge in [0.2, 0.25) is 0 Å². The van der Waals surface area contributed by atoms with Crippen molar-refractivity contribution in [1.82, 2.24) is 0 Å². The van der Waals surface area contributed by atoms with Crippen LogP contribution in [0.25, 0.3) is 0 Å². The van der Waals surface area contributed by atoms with Gasteiger partial charge in [-0.05, 0) is 42.4 Å². The summed E-state index contributed by atoms with van der Waals surface area (Å²) < 4.78 is 0. The highest BCUT2D eigenvalue weighted by molar-refractivity contribution is 5.86. The molecule has 1 nitrogen and oxygen atoms in total. The summed E-state index contributed by atoms with van der Waals surface area (Å²) in [7, 11) is 0. The van der Waals surface area contributed by atoms with Gasteiger partial charge in [0.25, 0.3) is 0 Å². The second-order valence-electron chi connectivity index (χ2n) is 6.08. The van der Waals surface area contributed by atoms with Crippen molar-refractivity contribution in [3.8, 4) is 0 Å². The normalized spacial score (nSPS) is 13.1. The van der Waals surface area contributed by atoms with Crippen LogP contribution in [0.2, 0.25) is 0 Å². The number of hydrogen-bond donors (Lipinski definition) is 0. The fraction of sp³-hybridized carbons (Fsp3) is 0.588. The van der Waals surface area contributed by atoms with E-state index < -0.39 is 0 Å². The lowest BCUT2D eigenvalue weighted by atomic mass is 9.79. The Hall–Kier alpha value is -1.11. The lowest BCUT2D eigenvalue weighted by Gasteiger charge is -2.23. The van der Waals surface area contributed by atoms with E-state index in [4.69, 9.17) is 0 Å². The minimum absolute atomic E-state index is 0.0484. The second-order valence-corrected chi connectivity index (χ2v) is 6.08. The highest BCUT2D eigenvalue weighted by Gasteiger charge is 2.25. The van der Waals surface area contributed by atoms with Crippen molar-refractivity contribution >= 4 is 5.78 Å². The number of Topliss-reactive ketones (excluding diaryl/α,β-unsaturated/α-hetero) is 1. The highest BCUT2D eigenvalue weighted by Crippen LogP contribution is 2.31. The number of rotatable bonds is 5. The Morgan fingerprint density at radius 2 is 1.72 bits per heavy atom. The van der Waals surface area contributed by atoms with Gasteiger partial charge in [-0.3, -0.25) is 4.79 Å². The molecular formula is C17H26O. The Morgan fingerprint density at radius 1 is 1.11 bits per heavy atom. The molecule has 0 saturated carbocycles. The van der Waals surface area contributed by atoms with Crippen molar-refractivity contribution in [2.75, 3.05) is 0 Å². The molecule has 0 bridgehead atoms. The van der Waals surface area contributed by atoms with Crippen LogP contribution in [0.1, 0.15) is 56.7 Å². The molecule has 0 amide bonds. The number of benzene rings is 1. The fourth-order valence-corrected chi connectivity index (χ4v) is 2.54. The van der Waals surface area contributed by atoms with Gasteiger partial charge in [-0.15, -0.1) is 0 Å². The van der Waals surface area contributed by atoms with Crippen molar-refractivity contribution in [2.45, 2.75) is 53.9 Å². The van der Waals surface area contributed by atoms with Crippen molar-refractivity contribution < 1.29 is 4.79 Å². The Labute approximate surface area is 112 Å². The zero-order chi connectivity index (χ0) is 13.9. The molecule has 0 saturated heterocycles. The molecule has 1 aromatic carbocycles. The van der Waals surface area contributed by atoms with Gasteiger partial charge in [-0.2, -0.15) is 0 Å². The Balaban J connectivity index is 3.13. The third-order valence-corrected chi connectivity index (χ3v) is 3.60. The molecule has 100 valence electrons. The van der Waals surface area contributed by atoms with E-state index in [0.717, 1.165) is 0 Å². The molecule has 0 aliphatic rings. The number of carbonyl (C=O) groups is 1. The first-order chi connectivity index (χ1) is 8.34. The van der Waals surface area contributed by atoms with Crippen molar-refractivity contribution in [3.63, 3.8) is 0 Å². The van der Waals surface area contributed by atoms with Gasteiger partial charge in [-0.1, -0.05) is 45.9 Å². The fourth-order valence-electron chi connectivity index (χ4n) is 2.54. The van der Waals surface area contributed by atoms with E-state index in [2.05, 4.69) is 59.7 Å². The summed E-state index contributed by atoms with van der Waals surface area (Å²) >= 11 is 0. The maximum absolute atomic E-state index is 12.5. The second kappa shape index (κ2) is 6.17. The van der Waals surface area contributed by atoms with Crippen LogP contribution in [-0.2, 0) is 4.79 Å². The van der Waals surface area contributed by atoms with E-state index >= 15 is 0 Å². The molecule has 0 aliphatic carbocycles. The molecule has 1 aromatic rings. The lowest BCUT2D eigenvalue weighted by Crippen LogP contribution is -2.21. The third kappa shape index (κ3) is 3.44. The molecule has 1 rings (SSSR count). The SMILES string of the molecule is Cc1cccc(C(C(=O)CC(C)C)C(C)C)c1C. The van der Waals surface area contributed by atoms with E-state index in [1.807, 2.05) is 0 Å². The van der Waals surface area contributed by atoms with Crippen LogP contribution in [-0.4, -0.2) is 5.78 Å². The zero-order valence-corrected chi connectivity index (χ0v) is 12.6. The van der Waals surface area contributed by atoms with Gasteiger partial charge in [0, 0.05) is 12.3 Å². The molecule has 0 heterocycles. The molecule has 1 unspecified atom stereocenters. The number of hydrogen-bond acceptors (Lipinski definition) is 1. The summed E-state index contributed by atoms with van der Waals surface area (Å²) in [6.07, 6.45) is 0.677. The predicted octanol–water partition coefficient (Wildman–Crippen LogP) is 4.66. The van der Waals surface area contributed by atoms with E-state index in [1.165, 1.54) is 16.7 Å². The number of ketones is 1. The van der Waals surface area contributed by atoms with Gasteiger partial charge in [0.05, 0.1) is 0 Å². The molecule has 1 atom stereocenters. The Bertz CT molecular complexity index is 416. The molecule has 0 fully saturated rings. The van der Waals surface area contributed by atoms with Crippen LogP contribution in [0, 0.1) is 25.7 Å². The molecule has 0 N–H and O–H groups in total. The van der Waals surface area contributed by atoms with Crippen LogP contribution >= 0.6 is 0 Å². The van der Waals surface area contributed by atoms with Gasteiger partial charge < -0.3 is 0 Å². The average Bonchev–Trinajstić information content (AvgIpc) is 2.23. The van der Waals surface area contributed by atoms with Crippen LogP contribution in [0.3, 0.4) is 0 Å². The average molecular weight is 246 g/mol. The van der Waals surface area contributed by atoms with E-state index in [-0.39, 0.29) is 5.92 Å². The largest absolute Gasteiger partial charge is 0.299 e. The molecule has 0 aliphatic heterocycles. The maximum Gasteiger partial charge on any atom is 0.140 e. The van der Waals surface area contributed by atoms with Gasteiger partial charge in [-0.25, -0.2) is 0 Å². The van der Waals surface area contributed by atoms with E-state index in [0.29, 0.717) is 24.0 Å². The van der Waals surface area contributed by atoms with Crippen molar-refractivity contribution in [2.24, 2.45) is 11.8 Å². The molecular weight excluding hydrogens is 220 g/mol. The van der Waals surface area contributed by atoms with Crippen LogP contribution in [0.4, 0.5) is 0 Å². The quantitative estimate of drug-likeness (QED) is 0.738. The summed E-state index contributed by atoms with van der Waals surface area (Å²) in [5.74, 6) is 1.22. The van der Waals surface area contributed by atoms with Gasteiger partial charge in [0.15, 0.2) is 0 Å². The number of aryl methyl sites for hydroxylation is 1. The third-order valence-electron chi connectivity index (χ3n) is 3.60. The highest BCUT2D eigenvalue weighted by atomic mass is 16.1. The summed E-state index contributed by atoms with van der Waals surface area (Å²) in [4.78, 5) is 12.5. The van der Waals surface area contributed by atoms with Crippen LogP contribution < -0.4 is 0 Å². The summed E-state index contributed by atoms with van der Waals surface area (Å²) in [6.45, 7) is 12.7. The summed E-state index contributed by atoms with van der Waals surface area (Å²) in [5, 5.41) is 0. The first kappa shape index (κ1) is 14.9. The van der Waals surface area contributed by atoms with Crippen molar-refractivity contribution in [1.29, 1.82) is 0 Å². The minimum Gasteiger partial charge on any atom is -0.299 e. The number of carbonyl (C=O) groups excluding carboxylic acids is 1. The minimum atomic E-state index is 0.0484. The monoisotopic (exact) mass is 246 g/mol. The molecule has 0 radical (unpaired) electrons. The van der Waals surface area contributed by atoms with Crippen LogP contribution in [0.15, 0.2) is 18.2 Å². The van der Waals surface area contributed by atoms with Crippen LogP contribution in [0.5, 0.6) is 0 Å². The maximum atomic E-state index is 12.5. The molecule has 0 aromatic heterocycles. The van der Waals surface area contributed by atoms with Gasteiger partial charge in [0.1, 0.15) is 5.78 Å². The van der Waals surface area contributed by atoms with Crippen molar-refractivity contribution in [3.05, 3.63) is 34.9 Å². The Kier molecular flexibility index (Phi) is 5.13. The van der Waals surface area contributed by atoms with E-state index in [9.17, 15) is 4.79 Å². The Morgan fingerprint density at radius 3 is 2.22 bits per heavy atom. The van der Waals surface area contributed by atoms with E-state index in [1.54, 1.807) is 0 Å². The lowest BCUT2D eigenvalue weighted by molar-refractivity contribution is -0.122. The standard InChI is InChI=1S/C17H26O/c1-11(2)10-16(18)17(12(3)4)15-9-7-8-13(5)14(15)6/h7-9,11-12,17H,10H2,1-6H3.